The van der Waals surface area contributed by atoms with Gasteiger partial charge in [0.15, 0.2) is 11.1 Å². The zero-order valence-electron chi connectivity index (χ0n) is 32.3. The van der Waals surface area contributed by atoms with E-state index in [1.807, 2.05) is 27.7 Å². The molecule has 15 heteroatoms. The molecule has 52 heavy (non-hydrogen) atoms. The maximum Gasteiger partial charge on any atom is 0.302 e. The van der Waals surface area contributed by atoms with Gasteiger partial charge in [0.2, 0.25) is 17.7 Å². The Morgan fingerprint density at radius 1 is 0.885 bits per heavy atom. The first kappa shape index (κ1) is 50.2. The Labute approximate surface area is 312 Å². The van der Waals surface area contributed by atoms with Crippen molar-refractivity contribution < 1.29 is 47.0 Å². The highest BCUT2D eigenvalue weighted by atomic mass is 32.2. The second-order valence-corrected chi connectivity index (χ2v) is 12.1. The summed E-state index contributed by atoms with van der Waals surface area (Å²) >= 11 is -1.85. The lowest BCUT2D eigenvalue weighted by atomic mass is 10.0. The molecule has 0 fully saturated rings. The van der Waals surface area contributed by atoms with Crippen LogP contribution in [0.25, 0.3) is 0 Å². The minimum atomic E-state index is -1.85. The average Bonchev–Trinajstić information content (AvgIpc) is 3.44. The first-order valence-corrected chi connectivity index (χ1v) is 19.5. The van der Waals surface area contributed by atoms with Gasteiger partial charge in [-0.25, -0.2) is 4.21 Å². The molecule has 0 bridgehead atoms. The molecule has 2 rings (SSSR count). The van der Waals surface area contributed by atoms with Gasteiger partial charge in [0.1, 0.15) is 12.6 Å². The lowest BCUT2D eigenvalue weighted by Crippen LogP contribution is -2.45. The molecule has 2 atom stereocenters. The Balaban J connectivity index is 0. The summed E-state index contributed by atoms with van der Waals surface area (Å²) in [4.78, 5) is 72.7. The van der Waals surface area contributed by atoms with Gasteiger partial charge in [0.25, 0.3) is 11.8 Å². The number of esters is 1. The molecular weight excluding hydrogens is 692 g/mol. The Bertz CT molecular complexity index is 1270. The summed E-state index contributed by atoms with van der Waals surface area (Å²) < 4.78 is 30.2. The molecule has 0 spiro atoms. The standard InChI is InChI=1S/C30H42N4O10S.C3H8.2C2H6/c1-21(32-27(37)19-31-26(36)9-4-3-5-14-34-28(38)12-13-29(34)39)30(40)33-25-11-10-24(20-44-22(2)35)23(18-25)8-6-15-43-16-7-17-45(41)42;1-3-2;2*1-2/h10-13,18,21H,3-9,14-17,19-20H2,1-2H3,(H,31,36)(H,32,37)(H,33,40)(H,41,42);3H2,1-2H3;2*1-2H3. The molecule has 0 radical (unpaired) electrons. The third-order valence-corrected chi connectivity index (χ3v) is 7.29. The maximum absolute atomic E-state index is 12.8. The lowest BCUT2D eigenvalue weighted by molar-refractivity contribution is -0.142. The third-order valence-electron chi connectivity index (χ3n) is 6.65. The summed E-state index contributed by atoms with van der Waals surface area (Å²) in [5, 5.41) is 7.82. The predicted octanol–water partition coefficient (Wildman–Crippen LogP) is 4.82. The van der Waals surface area contributed by atoms with E-state index in [1.165, 1.54) is 32.4 Å². The largest absolute Gasteiger partial charge is 0.461 e. The number of benzene rings is 1. The van der Waals surface area contributed by atoms with E-state index in [4.69, 9.17) is 14.0 Å². The number of nitrogens with one attached hydrogen (secondary N) is 3. The molecular formula is C37H62N4O10S. The van der Waals surface area contributed by atoms with Gasteiger partial charge in [-0.1, -0.05) is 60.5 Å². The van der Waals surface area contributed by atoms with Crippen LogP contribution in [0.15, 0.2) is 30.4 Å². The fraction of sp³-hybridized carbons (Fsp3) is 0.622. The zero-order valence-corrected chi connectivity index (χ0v) is 33.2. The summed E-state index contributed by atoms with van der Waals surface area (Å²) in [6.45, 7) is 15.9. The fourth-order valence-corrected chi connectivity index (χ4v) is 4.63. The van der Waals surface area contributed by atoms with E-state index in [1.54, 1.807) is 18.2 Å². The number of imide groups is 1. The van der Waals surface area contributed by atoms with Gasteiger partial charge in [-0.15, -0.1) is 0 Å². The summed E-state index contributed by atoms with van der Waals surface area (Å²) in [6, 6.07) is 4.27. The smallest absolute Gasteiger partial charge is 0.302 e. The van der Waals surface area contributed by atoms with Gasteiger partial charge in [0.05, 0.1) is 12.3 Å². The van der Waals surface area contributed by atoms with Crippen molar-refractivity contribution in [2.24, 2.45) is 0 Å². The van der Waals surface area contributed by atoms with Gasteiger partial charge < -0.3 is 30.0 Å². The van der Waals surface area contributed by atoms with Crippen LogP contribution < -0.4 is 16.0 Å². The van der Waals surface area contributed by atoms with Crippen molar-refractivity contribution in [3.8, 4) is 0 Å². The number of hydrogen-bond donors (Lipinski definition) is 4. The van der Waals surface area contributed by atoms with Crippen LogP contribution in [0.5, 0.6) is 0 Å². The Hall–Kier alpha value is -3.95. The number of aryl methyl sites for hydroxylation is 1. The number of rotatable bonds is 21. The van der Waals surface area contributed by atoms with E-state index < -0.39 is 34.9 Å². The summed E-state index contributed by atoms with van der Waals surface area (Å²) in [5.41, 5.74) is 2.09. The van der Waals surface area contributed by atoms with Crippen molar-refractivity contribution in [3.63, 3.8) is 0 Å². The number of anilines is 1. The van der Waals surface area contributed by atoms with Crippen LogP contribution in [0.4, 0.5) is 5.69 Å². The third kappa shape index (κ3) is 24.3. The average molecular weight is 755 g/mol. The number of carbonyl (C=O) groups excluding carboxylic acids is 6. The SMILES string of the molecule is CC.CC.CC(=O)OCc1ccc(NC(=O)C(C)NC(=O)CNC(=O)CCCCCN2C(=O)C=CC2=O)cc1CCCOCCCS(=O)O.CCC. The number of amides is 5. The quantitative estimate of drug-likeness (QED) is 0.0584. The van der Waals surface area contributed by atoms with E-state index in [9.17, 15) is 33.0 Å². The number of nitrogens with zero attached hydrogens (tertiary/aromatic N) is 1. The van der Waals surface area contributed by atoms with Gasteiger partial charge in [-0.3, -0.25) is 33.7 Å². The number of ether oxygens (including phenoxy) is 2. The summed E-state index contributed by atoms with van der Waals surface area (Å²) in [5.74, 6) is -2.28. The Morgan fingerprint density at radius 3 is 2.10 bits per heavy atom. The van der Waals surface area contributed by atoms with E-state index in [2.05, 4.69) is 29.8 Å². The van der Waals surface area contributed by atoms with Crippen LogP contribution in [-0.2, 0) is 62.3 Å². The Kier molecular flexibility index (Phi) is 30.6. The van der Waals surface area contributed by atoms with E-state index in [0.29, 0.717) is 64.0 Å². The van der Waals surface area contributed by atoms with Crippen molar-refractivity contribution in [1.82, 2.24) is 15.5 Å². The van der Waals surface area contributed by atoms with Crippen molar-refractivity contribution in [2.75, 3.05) is 37.4 Å². The highest BCUT2D eigenvalue weighted by Crippen LogP contribution is 2.19. The van der Waals surface area contributed by atoms with E-state index >= 15 is 0 Å². The van der Waals surface area contributed by atoms with Crippen LogP contribution in [0, 0.1) is 0 Å². The lowest BCUT2D eigenvalue weighted by Gasteiger charge is -2.16. The van der Waals surface area contributed by atoms with Crippen molar-refractivity contribution >= 4 is 52.3 Å². The zero-order chi connectivity index (χ0) is 39.9. The van der Waals surface area contributed by atoms with Crippen LogP contribution in [0.3, 0.4) is 0 Å². The molecule has 1 aromatic rings. The molecule has 5 amide bonds. The number of unbranched alkanes of at least 4 members (excludes halogenated alkanes) is 2. The molecule has 1 aliphatic heterocycles. The highest BCUT2D eigenvalue weighted by molar-refractivity contribution is 7.79. The predicted molar refractivity (Wildman–Crippen MR) is 204 cm³/mol. The van der Waals surface area contributed by atoms with Gasteiger partial charge >= 0.3 is 5.97 Å². The topological polar surface area (TPSA) is 198 Å². The molecule has 1 heterocycles. The highest BCUT2D eigenvalue weighted by Gasteiger charge is 2.22. The monoisotopic (exact) mass is 754 g/mol. The van der Waals surface area contributed by atoms with Crippen LogP contribution >= 0.6 is 0 Å². The van der Waals surface area contributed by atoms with Gasteiger partial charge in [-0.2, -0.15) is 0 Å². The molecule has 1 aliphatic rings. The molecule has 0 aliphatic carbocycles. The van der Waals surface area contributed by atoms with Crippen molar-refractivity contribution in [2.45, 2.75) is 119 Å². The minimum Gasteiger partial charge on any atom is -0.461 e. The van der Waals surface area contributed by atoms with Crippen molar-refractivity contribution in [3.05, 3.63) is 41.5 Å². The molecule has 296 valence electrons. The van der Waals surface area contributed by atoms with E-state index in [-0.39, 0.29) is 43.0 Å². The minimum absolute atomic E-state index is 0.0680. The molecule has 4 N–H and O–H groups in total. The molecule has 0 saturated heterocycles. The number of carbonyl (C=O) groups is 6. The molecule has 2 unspecified atom stereocenters. The Morgan fingerprint density at radius 2 is 1.50 bits per heavy atom. The van der Waals surface area contributed by atoms with Crippen LogP contribution in [0.1, 0.15) is 111 Å². The summed E-state index contributed by atoms with van der Waals surface area (Å²) in [7, 11) is 0. The second kappa shape index (κ2) is 31.8. The van der Waals surface area contributed by atoms with Crippen LogP contribution in [-0.4, -0.2) is 87.3 Å². The molecule has 0 saturated carbocycles. The van der Waals surface area contributed by atoms with Gasteiger partial charge in [-0.05, 0) is 62.3 Å². The molecule has 0 aromatic heterocycles. The first-order valence-electron chi connectivity index (χ1n) is 18.2. The van der Waals surface area contributed by atoms with E-state index in [0.717, 1.165) is 16.0 Å². The second-order valence-electron chi connectivity index (χ2n) is 11.1. The van der Waals surface area contributed by atoms with Crippen LogP contribution in [0.2, 0.25) is 0 Å². The molecule has 1 aromatic carbocycles. The van der Waals surface area contributed by atoms with Crippen molar-refractivity contribution in [1.29, 1.82) is 0 Å². The molecule has 14 nitrogen and oxygen atoms in total. The fourth-order valence-electron chi connectivity index (χ4n) is 4.27. The summed E-state index contributed by atoms with van der Waals surface area (Å²) in [6.07, 6.45) is 7.27. The maximum atomic E-state index is 12.8. The number of hydrogen-bond acceptors (Lipinski definition) is 9. The normalized spacial score (nSPS) is 12.5. The first-order chi connectivity index (χ1) is 24.9. The van der Waals surface area contributed by atoms with Gasteiger partial charge in [0, 0.05) is 50.9 Å².